The number of hydrogen-bond acceptors (Lipinski definition) is 7. The molecule has 6 nitrogen and oxygen atoms in total. The Morgan fingerprint density at radius 3 is 2.88 bits per heavy atom. The van der Waals surface area contributed by atoms with E-state index < -0.39 is 5.97 Å². The molecule has 2 N–H and O–H groups in total. The Balaban J connectivity index is 0.00000225. The summed E-state index contributed by atoms with van der Waals surface area (Å²) in [5.41, 5.74) is 0.833. The third kappa shape index (κ3) is 3.74. The molecule has 2 atom stereocenters. The molecule has 0 saturated carbocycles. The zero-order valence-electron chi connectivity index (χ0n) is 13.4. The number of thioether (sulfide) groups is 2. The van der Waals surface area contributed by atoms with Gasteiger partial charge in [0.05, 0.1) is 13.7 Å². The normalized spacial score (nSPS) is 23.0. The molecule has 1 aromatic carbocycles. The molecular formula is C16H16BrNO5S2. The number of halogens is 1. The summed E-state index contributed by atoms with van der Waals surface area (Å²) in [4.78, 5) is 25.6. The molecule has 0 radical (unpaired) electrons. The lowest BCUT2D eigenvalue weighted by atomic mass is 10.1. The first kappa shape index (κ1) is 19.9. The molecule has 9 heteroatoms. The van der Waals surface area contributed by atoms with Gasteiger partial charge in [0.15, 0.2) is 11.5 Å². The van der Waals surface area contributed by atoms with Crippen LogP contribution < -0.4 is 26.6 Å². The Kier molecular flexibility index (Phi) is 6.61. The van der Waals surface area contributed by atoms with E-state index in [4.69, 9.17) is 9.47 Å². The smallest absolute Gasteiger partial charge is 0.393 e. The van der Waals surface area contributed by atoms with Gasteiger partial charge >= 0.3 is 11.9 Å². The first-order chi connectivity index (χ1) is 11.6. The number of rotatable bonds is 4. The van der Waals surface area contributed by atoms with Gasteiger partial charge < -0.3 is 31.6 Å². The van der Waals surface area contributed by atoms with Gasteiger partial charge in [0.2, 0.25) is 10.4 Å². The highest BCUT2D eigenvalue weighted by atomic mass is 79.9. The number of phenols is 1. The average Bonchev–Trinajstić information content (AvgIpc) is 3.11. The summed E-state index contributed by atoms with van der Waals surface area (Å²) in [6.45, 7) is 1.99. The Labute approximate surface area is 164 Å². The van der Waals surface area contributed by atoms with Gasteiger partial charge in [0, 0.05) is 11.0 Å². The third-order valence-electron chi connectivity index (χ3n) is 3.57. The lowest BCUT2D eigenvalue weighted by Gasteiger charge is -2.10. The molecule has 1 fully saturated rings. The number of para-hydroxylation sites is 1. The maximum atomic E-state index is 12.7. The highest BCUT2D eigenvalue weighted by Crippen LogP contribution is 2.39. The number of carbonyl (C=O) groups excluding carboxylic acids is 2. The van der Waals surface area contributed by atoms with Gasteiger partial charge in [0.1, 0.15) is 4.91 Å². The molecule has 134 valence electrons. The standard InChI is InChI=1S/C16H15NO5S2.BrH/c1-3-22-15(20)10-8-23-16-17(10)14(19)12(24-16)7-9-5-4-6-11(21-2)13(9)18;/h4-8,16,18H,3H2,1-2H3;1H/b12-7-;. The summed E-state index contributed by atoms with van der Waals surface area (Å²) in [6.07, 6.45) is 1.62. The summed E-state index contributed by atoms with van der Waals surface area (Å²) in [5.74, 6) is -0.343. The van der Waals surface area contributed by atoms with Gasteiger partial charge in [-0.2, -0.15) is 0 Å². The van der Waals surface area contributed by atoms with Crippen LogP contribution >= 0.6 is 23.5 Å². The summed E-state index contributed by atoms with van der Waals surface area (Å²) >= 11 is 2.79. The van der Waals surface area contributed by atoms with E-state index in [9.17, 15) is 14.7 Å². The van der Waals surface area contributed by atoms with Crippen molar-refractivity contribution >= 4 is 41.5 Å². The molecule has 2 aliphatic heterocycles. The Bertz CT molecular complexity index is 765. The second kappa shape index (κ2) is 8.31. The van der Waals surface area contributed by atoms with Gasteiger partial charge in [-0.25, -0.2) is 14.5 Å². The zero-order chi connectivity index (χ0) is 17.3. The second-order valence-corrected chi connectivity index (χ2v) is 7.41. The second-order valence-electron chi connectivity index (χ2n) is 4.99. The summed E-state index contributed by atoms with van der Waals surface area (Å²) in [7, 11) is 1.47. The number of amides is 1. The van der Waals surface area contributed by atoms with E-state index in [2.05, 4.69) is 0 Å². The molecule has 0 spiro atoms. The van der Waals surface area contributed by atoms with Crippen LogP contribution in [0.1, 0.15) is 12.5 Å². The van der Waals surface area contributed by atoms with Gasteiger partial charge in [-0.1, -0.05) is 23.9 Å². The minimum absolute atomic E-state index is 0. The van der Waals surface area contributed by atoms with Crippen LogP contribution in [0.3, 0.4) is 0 Å². The largest absolute Gasteiger partial charge is 1.00 e. The van der Waals surface area contributed by atoms with Crippen LogP contribution in [0.5, 0.6) is 11.5 Å². The van der Waals surface area contributed by atoms with E-state index in [1.54, 1.807) is 36.6 Å². The van der Waals surface area contributed by atoms with Gasteiger partial charge in [-0.3, -0.25) is 0 Å². The monoisotopic (exact) mass is 445 g/mol. The van der Waals surface area contributed by atoms with Gasteiger partial charge in [0.25, 0.3) is 0 Å². The topological polar surface area (TPSA) is 77.3 Å². The highest BCUT2D eigenvalue weighted by molar-refractivity contribution is 8.20. The quantitative estimate of drug-likeness (QED) is 0.424. The fraction of sp³-hybridized carbons (Fsp3) is 0.250. The number of fused-ring (bicyclic) bond motifs is 1. The molecule has 0 bridgehead atoms. The number of methoxy groups -OCH3 is 1. The van der Waals surface area contributed by atoms with E-state index in [0.29, 0.717) is 26.8 Å². The van der Waals surface area contributed by atoms with Crippen molar-refractivity contribution in [1.82, 2.24) is 0 Å². The van der Waals surface area contributed by atoms with Crippen LogP contribution in [0.2, 0.25) is 0 Å². The van der Waals surface area contributed by atoms with Crippen molar-refractivity contribution in [3.05, 3.63) is 39.8 Å². The predicted molar refractivity (Wildman–Crippen MR) is 92.3 cm³/mol. The van der Waals surface area contributed by atoms with Crippen LogP contribution in [-0.2, 0) is 14.3 Å². The van der Waals surface area contributed by atoms with Gasteiger partial charge in [-0.15, -0.1) is 0 Å². The van der Waals surface area contributed by atoms with E-state index in [-0.39, 0.29) is 40.0 Å². The summed E-state index contributed by atoms with van der Waals surface area (Å²) < 4.78 is 9.94. The van der Waals surface area contributed by atoms with Crippen LogP contribution in [0.25, 0.3) is 6.08 Å². The molecule has 1 aromatic rings. The van der Waals surface area contributed by atoms with E-state index in [0.717, 1.165) is 0 Å². The summed E-state index contributed by atoms with van der Waals surface area (Å²) in [5, 5.41) is 11.8. The van der Waals surface area contributed by atoms with Crippen molar-refractivity contribution in [2.75, 3.05) is 13.7 Å². The minimum atomic E-state index is -0.470. The predicted octanol–water partition coefficient (Wildman–Crippen LogP) is -1.66. The fourth-order valence-electron chi connectivity index (χ4n) is 2.43. The van der Waals surface area contributed by atoms with Gasteiger partial charge in [-0.05, 0) is 30.8 Å². The lowest BCUT2D eigenvalue weighted by molar-refractivity contribution is -0.761. The molecular weight excluding hydrogens is 430 g/mol. The van der Waals surface area contributed by atoms with E-state index in [1.807, 2.05) is 0 Å². The number of ether oxygens (including phenoxy) is 2. The maximum absolute atomic E-state index is 12.7. The van der Waals surface area contributed by atoms with Crippen LogP contribution in [-0.4, -0.2) is 35.4 Å². The Hall–Kier alpha value is -1.42. The minimum Gasteiger partial charge on any atom is -1.00 e. The van der Waals surface area contributed by atoms with Crippen molar-refractivity contribution in [3.63, 3.8) is 0 Å². The number of phenolic OH excluding ortho intramolecular Hbond substituents is 1. The maximum Gasteiger partial charge on any atom is 0.393 e. The van der Waals surface area contributed by atoms with Crippen molar-refractivity contribution in [2.24, 2.45) is 0 Å². The Morgan fingerprint density at radius 2 is 2.20 bits per heavy atom. The number of benzene rings is 1. The van der Waals surface area contributed by atoms with Crippen molar-refractivity contribution in [2.45, 2.75) is 11.6 Å². The molecule has 2 aliphatic rings. The molecule has 0 aromatic heterocycles. The van der Waals surface area contributed by atoms with Crippen molar-refractivity contribution in [1.29, 1.82) is 0 Å². The molecule has 3 rings (SSSR count). The Morgan fingerprint density at radius 1 is 1.44 bits per heavy atom. The lowest BCUT2D eigenvalue weighted by Crippen LogP contribution is -3.13. The molecule has 2 heterocycles. The number of carbonyl (C=O) groups is 2. The third-order valence-corrected chi connectivity index (χ3v) is 6.05. The molecule has 25 heavy (non-hydrogen) atoms. The highest BCUT2D eigenvalue weighted by Gasteiger charge is 2.50. The number of hydrogen-bond donors (Lipinski definition) is 2. The van der Waals surface area contributed by atoms with E-state index in [1.165, 1.54) is 30.6 Å². The zero-order valence-corrected chi connectivity index (χ0v) is 16.7. The summed E-state index contributed by atoms with van der Waals surface area (Å²) in [6, 6.07) is 5.08. The first-order valence-corrected chi connectivity index (χ1v) is 9.08. The molecule has 2 unspecified atom stereocenters. The average molecular weight is 446 g/mol. The SMILES string of the molecule is CCOC(=O)C1=CSC2S/C(=C\c3cccc(OC)c3O)C(=O)[NH+]12.[Br-]. The number of esters is 1. The number of aromatic hydroxyl groups is 1. The number of nitrogens with one attached hydrogen (secondary N) is 1. The van der Waals surface area contributed by atoms with Crippen LogP contribution in [0.4, 0.5) is 0 Å². The van der Waals surface area contributed by atoms with Crippen molar-refractivity contribution in [3.8, 4) is 11.5 Å². The van der Waals surface area contributed by atoms with Crippen LogP contribution in [0, 0.1) is 0 Å². The molecule has 0 aliphatic carbocycles. The molecule has 1 saturated heterocycles. The number of quaternary nitrogens is 1. The first-order valence-electron chi connectivity index (χ1n) is 7.25. The molecule has 1 amide bonds. The fourth-order valence-corrected chi connectivity index (χ4v) is 4.98. The van der Waals surface area contributed by atoms with Crippen LogP contribution in [0.15, 0.2) is 34.2 Å². The van der Waals surface area contributed by atoms with E-state index >= 15 is 0 Å². The van der Waals surface area contributed by atoms with Crippen molar-refractivity contribution < 1.29 is 46.1 Å².